The molecule has 2 heteroatoms. The number of benzene rings is 1. The fourth-order valence-electron chi connectivity index (χ4n) is 2.67. The highest BCUT2D eigenvalue weighted by Gasteiger charge is 2.08. The van der Waals surface area contributed by atoms with Crippen molar-refractivity contribution < 1.29 is 4.74 Å². The molecule has 0 bridgehead atoms. The Morgan fingerprint density at radius 1 is 0.944 bits per heavy atom. The Morgan fingerprint density at radius 3 is 2.17 bits per heavy atom. The first-order chi connectivity index (χ1) is 8.74. The Bertz CT molecular complexity index is 347. The van der Waals surface area contributed by atoms with Crippen LogP contribution in [-0.2, 0) is 0 Å². The molecular formula is C16H25NO. The predicted octanol–water partition coefficient (Wildman–Crippen LogP) is 3.56. The van der Waals surface area contributed by atoms with Gasteiger partial charge in [0.15, 0.2) is 0 Å². The smallest absolute Gasteiger partial charge is 0.119 e. The third kappa shape index (κ3) is 4.34. The maximum absolute atomic E-state index is 5.87. The molecule has 1 heterocycles. The van der Waals surface area contributed by atoms with Gasteiger partial charge in [0.2, 0.25) is 0 Å². The van der Waals surface area contributed by atoms with E-state index in [1.165, 1.54) is 49.9 Å². The van der Waals surface area contributed by atoms with Crippen molar-refractivity contribution in [1.29, 1.82) is 0 Å². The molecule has 0 amide bonds. The van der Waals surface area contributed by atoms with Gasteiger partial charge in [-0.05, 0) is 63.0 Å². The monoisotopic (exact) mass is 247 g/mol. The quantitative estimate of drug-likeness (QED) is 0.806. The van der Waals surface area contributed by atoms with Crippen molar-refractivity contribution in [3.05, 3.63) is 29.3 Å². The van der Waals surface area contributed by atoms with Crippen molar-refractivity contribution in [3.8, 4) is 5.75 Å². The molecule has 0 saturated carbocycles. The lowest BCUT2D eigenvalue weighted by molar-refractivity contribution is 0.214. The Balaban J connectivity index is 1.77. The molecule has 1 fully saturated rings. The van der Waals surface area contributed by atoms with E-state index in [1.54, 1.807) is 0 Å². The standard InChI is InChI=1S/C16H25NO/c1-14-11-15(2)13-16(12-14)18-10-9-17-7-5-3-4-6-8-17/h11-13H,3-10H2,1-2H3. The van der Waals surface area contributed by atoms with Crippen LogP contribution in [0.2, 0.25) is 0 Å². The van der Waals surface area contributed by atoms with E-state index in [-0.39, 0.29) is 0 Å². The summed E-state index contributed by atoms with van der Waals surface area (Å²) in [5.74, 6) is 1.02. The summed E-state index contributed by atoms with van der Waals surface area (Å²) in [4.78, 5) is 2.54. The van der Waals surface area contributed by atoms with E-state index in [1.807, 2.05) is 0 Å². The van der Waals surface area contributed by atoms with E-state index < -0.39 is 0 Å². The van der Waals surface area contributed by atoms with Crippen LogP contribution in [0.3, 0.4) is 0 Å². The van der Waals surface area contributed by atoms with Crippen LogP contribution < -0.4 is 4.74 Å². The van der Waals surface area contributed by atoms with Crippen LogP contribution in [0.1, 0.15) is 36.8 Å². The first-order valence-electron chi connectivity index (χ1n) is 7.17. The van der Waals surface area contributed by atoms with Gasteiger partial charge in [-0.1, -0.05) is 18.9 Å². The second-order valence-corrected chi connectivity index (χ2v) is 5.43. The lowest BCUT2D eigenvalue weighted by atomic mass is 10.1. The number of ether oxygens (including phenoxy) is 1. The first kappa shape index (κ1) is 13.4. The fourth-order valence-corrected chi connectivity index (χ4v) is 2.67. The average Bonchev–Trinajstić information content (AvgIpc) is 2.56. The lowest BCUT2D eigenvalue weighted by Crippen LogP contribution is -2.29. The maximum atomic E-state index is 5.87. The summed E-state index contributed by atoms with van der Waals surface area (Å²) in [5, 5.41) is 0. The highest BCUT2D eigenvalue weighted by Crippen LogP contribution is 2.16. The minimum atomic E-state index is 0.808. The Labute approximate surface area is 111 Å². The van der Waals surface area contributed by atoms with Gasteiger partial charge in [0.25, 0.3) is 0 Å². The van der Waals surface area contributed by atoms with Crippen molar-refractivity contribution in [2.75, 3.05) is 26.2 Å². The van der Waals surface area contributed by atoms with Crippen LogP contribution in [0.5, 0.6) is 5.75 Å². The van der Waals surface area contributed by atoms with Gasteiger partial charge in [-0.2, -0.15) is 0 Å². The molecule has 0 radical (unpaired) electrons. The van der Waals surface area contributed by atoms with Gasteiger partial charge in [-0.15, -0.1) is 0 Å². The lowest BCUT2D eigenvalue weighted by Gasteiger charge is -2.19. The predicted molar refractivity (Wildman–Crippen MR) is 76.3 cm³/mol. The van der Waals surface area contributed by atoms with Gasteiger partial charge in [0.05, 0.1) is 0 Å². The molecule has 1 saturated heterocycles. The molecule has 1 aliphatic rings. The third-order valence-electron chi connectivity index (χ3n) is 3.57. The van der Waals surface area contributed by atoms with Gasteiger partial charge in [-0.25, -0.2) is 0 Å². The second-order valence-electron chi connectivity index (χ2n) is 5.43. The summed E-state index contributed by atoms with van der Waals surface area (Å²) in [7, 11) is 0. The summed E-state index contributed by atoms with van der Waals surface area (Å²) >= 11 is 0. The molecule has 2 rings (SSSR count). The maximum Gasteiger partial charge on any atom is 0.119 e. The third-order valence-corrected chi connectivity index (χ3v) is 3.57. The highest BCUT2D eigenvalue weighted by atomic mass is 16.5. The molecule has 0 N–H and O–H groups in total. The first-order valence-corrected chi connectivity index (χ1v) is 7.17. The van der Waals surface area contributed by atoms with Crippen molar-refractivity contribution in [1.82, 2.24) is 4.90 Å². The molecule has 0 aliphatic carbocycles. The summed E-state index contributed by atoms with van der Waals surface area (Å²) in [5.41, 5.74) is 2.56. The topological polar surface area (TPSA) is 12.5 Å². The molecular weight excluding hydrogens is 222 g/mol. The van der Waals surface area contributed by atoms with Crippen LogP contribution in [0.4, 0.5) is 0 Å². The Morgan fingerprint density at radius 2 is 1.56 bits per heavy atom. The molecule has 1 aliphatic heterocycles. The van der Waals surface area contributed by atoms with E-state index in [9.17, 15) is 0 Å². The zero-order valence-electron chi connectivity index (χ0n) is 11.7. The van der Waals surface area contributed by atoms with E-state index in [0.717, 1.165) is 18.9 Å². The van der Waals surface area contributed by atoms with E-state index >= 15 is 0 Å². The zero-order valence-corrected chi connectivity index (χ0v) is 11.7. The van der Waals surface area contributed by atoms with Crippen LogP contribution in [0.25, 0.3) is 0 Å². The van der Waals surface area contributed by atoms with E-state index in [0.29, 0.717) is 0 Å². The van der Waals surface area contributed by atoms with Gasteiger partial charge in [0, 0.05) is 6.54 Å². The zero-order chi connectivity index (χ0) is 12.8. The van der Waals surface area contributed by atoms with E-state index in [4.69, 9.17) is 4.74 Å². The van der Waals surface area contributed by atoms with E-state index in [2.05, 4.69) is 36.9 Å². The Kier molecular flexibility index (Phi) is 5.06. The minimum absolute atomic E-state index is 0.808. The molecule has 1 aromatic rings. The second kappa shape index (κ2) is 6.79. The number of hydrogen-bond donors (Lipinski definition) is 0. The fraction of sp³-hybridized carbons (Fsp3) is 0.625. The summed E-state index contributed by atoms with van der Waals surface area (Å²) in [6.45, 7) is 8.60. The molecule has 1 aromatic carbocycles. The van der Waals surface area contributed by atoms with Crippen LogP contribution in [-0.4, -0.2) is 31.1 Å². The number of hydrogen-bond acceptors (Lipinski definition) is 2. The van der Waals surface area contributed by atoms with Crippen molar-refractivity contribution in [3.63, 3.8) is 0 Å². The SMILES string of the molecule is Cc1cc(C)cc(OCCN2CCCCCC2)c1. The molecule has 0 unspecified atom stereocenters. The summed E-state index contributed by atoms with van der Waals surface area (Å²) < 4.78 is 5.87. The number of likely N-dealkylation sites (tertiary alicyclic amines) is 1. The molecule has 2 nitrogen and oxygen atoms in total. The van der Waals surface area contributed by atoms with Crippen molar-refractivity contribution in [2.24, 2.45) is 0 Å². The number of rotatable bonds is 4. The number of aryl methyl sites for hydroxylation is 2. The minimum Gasteiger partial charge on any atom is -0.492 e. The average molecular weight is 247 g/mol. The van der Waals surface area contributed by atoms with Crippen LogP contribution >= 0.6 is 0 Å². The molecule has 0 atom stereocenters. The normalized spacial score (nSPS) is 17.4. The van der Waals surface area contributed by atoms with Crippen molar-refractivity contribution in [2.45, 2.75) is 39.5 Å². The molecule has 100 valence electrons. The molecule has 0 spiro atoms. The summed E-state index contributed by atoms with van der Waals surface area (Å²) in [6, 6.07) is 6.42. The van der Waals surface area contributed by atoms with Crippen molar-refractivity contribution >= 4 is 0 Å². The number of nitrogens with zero attached hydrogens (tertiary/aromatic N) is 1. The van der Waals surface area contributed by atoms with Crippen LogP contribution in [0, 0.1) is 13.8 Å². The molecule has 18 heavy (non-hydrogen) atoms. The van der Waals surface area contributed by atoms with Gasteiger partial charge in [-0.3, -0.25) is 4.90 Å². The van der Waals surface area contributed by atoms with Gasteiger partial charge < -0.3 is 4.74 Å². The summed E-state index contributed by atoms with van der Waals surface area (Å²) in [6.07, 6.45) is 5.50. The van der Waals surface area contributed by atoms with Gasteiger partial charge >= 0.3 is 0 Å². The van der Waals surface area contributed by atoms with Crippen LogP contribution in [0.15, 0.2) is 18.2 Å². The molecule has 0 aromatic heterocycles. The Hall–Kier alpha value is -1.02. The van der Waals surface area contributed by atoms with Gasteiger partial charge in [0.1, 0.15) is 12.4 Å². The highest BCUT2D eigenvalue weighted by molar-refractivity contribution is 5.32. The largest absolute Gasteiger partial charge is 0.492 e.